The van der Waals surface area contributed by atoms with Gasteiger partial charge in [0.1, 0.15) is 24.7 Å². The van der Waals surface area contributed by atoms with Gasteiger partial charge in [-0.1, -0.05) is 30.3 Å². The molecule has 0 unspecified atom stereocenters. The lowest BCUT2D eigenvalue weighted by Crippen LogP contribution is -2.24. The van der Waals surface area contributed by atoms with Crippen LogP contribution in [0.3, 0.4) is 0 Å². The zero-order chi connectivity index (χ0) is 16.7. The van der Waals surface area contributed by atoms with Gasteiger partial charge in [0.2, 0.25) is 0 Å². The van der Waals surface area contributed by atoms with Crippen LogP contribution in [0.4, 0.5) is 0 Å². The number of hydrogen-bond acceptors (Lipinski definition) is 3. The Labute approximate surface area is 137 Å². The summed E-state index contributed by atoms with van der Waals surface area (Å²) < 4.78 is 11.5. The van der Waals surface area contributed by atoms with E-state index in [9.17, 15) is 4.79 Å². The Bertz CT molecular complexity index is 667. The molecule has 0 fully saturated rings. The second-order valence-electron chi connectivity index (χ2n) is 5.27. The molecule has 2 rings (SSSR count). The van der Waals surface area contributed by atoms with Gasteiger partial charge in [-0.3, -0.25) is 4.79 Å². The van der Waals surface area contributed by atoms with E-state index in [2.05, 4.69) is 5.32 Å². The van der Waals surface area contributed by atoms with E-state index in [-0.39, 0.29) is 5.91 Å². The number of rotatable bonds is 7. The smallest absolute Gasteiger partial charge is 0.255 e. The van der Waals surface area contributed by atoms with Gasteiger partial charge in [-0.2, -0.15) is 0 Å². The molecule has 0 atom stereocenters. The highest BCUT2D eigenvalue weighted by molar-refractivity contribution is 5.97. The number of carbonyl (C=O) groups is 1. The SMILES string of the molecule is CCNC(=O)c1cccc(C)c1OCCOc1ccccc1C. The molecule has 1 N–H and O–H groups in total. The topological polar surface area (TPSA) is 47.6 Å². The van der Waals surface area contributed by atoms with Crippen molar-refractivity contribution in [2.75, 3.05) is 19.8 Å². The molecule has 0 heterocycles. The number of amides is 1. The molecule has 2 aromatic rings. The van der Waals surface area contributed by atoms with Crippen molar-refractivity contribution < 1.29 is 14.3 Å². The molecule has 0 radical (unpaired) electrons. The summed E-state index contributed by atoms with van der Waals surface area (Å²) in [6.07, 6.45) is 0. The van der Waals surface area contributed by atoms with Gasteiger partial charge in [-0.05, 0) is 44.0 Å². The van der Waals surface area contributed by atoms with Gasteiger partial charge in [0.15, 0.2) is 0 Å². The molecule has 0 bridgehead atoms. The summed E-state index contributed by atoms with van der Waals surface area (Å²) in [4.78, 5) is 12.1. The van der Waals surface area contributed by atoms with Gasteiger partial charge >= 0.3 is 0 Å². The minimum atomic E-state index is -0.119. The molecule has 4 nitrogen and oxygen atoms in total. The van der Waals surface area contributed by atoms with E-state index in [1.54, 1.807) is 6.07 Å². The summed E-state index contributed by atoms with van der Waals surface area (Å²) in [6, 6.07) is 13.4. The third kappa shape index (κ3) is 4.49. The molecule has 0 saturated heterocycles. The Hall–Kier alpha value is -2.49. The Morgan fingerprint density at radius 3 is 2.39 bits per heavy atom. The second-order valence-corrected chi connectivity index (χ2v) is 5.27. The highest BCUT2D eigenvalue weighted by atomic mass is 16.5. The zero-order valence-electron chi connectivity index (χ0n) is 13.9. The first-order chi connectivity index (χ1) is 11.1. The van der Waals surface area contributed by atoms with Gasteiger partial charge in [0, 0.05) is 6.54 Å². The average molecular weight is 313 g/mol. The Morgan fingerprint density at radius 1 is 0.957 bits per heavy atom. The van der Waals surface area contributed by atoms with Crippen molar-refractivity contribution in [1.82, 2.24) is 5.32 Å². The van der Waals surface area contributed by atoms with Crippen molar-refractivity contribution in [2.24, 2.45) is 0 Å². The summed E-state index contributed by atoms with van der Waals surface area (Å²) in [7, 11) is 0. The van der Waals surface area contributed by atoms with Crippen LogP contribution in [0.2, 0.25) is 0 Å². The lowest BCUT2D eigenvalue weighted by Gasteiger charge is -2.14. The van der Waals surface area contributed by atoms with E-state index in [0.29, 0.717) is 31.1 Å². The fourth-order valence-electron chi connectivity index (χ4n) is 2.29. The van der Waals surface area contributed by atoms with Crippen LogP contribution in [-0.2, 0) is 0 Å². The summed E-state index contributed by atoms with van der Waals surface area (Å²) >= 11 is 0. The number of ether oxygens (including phenoxy) is 2. The predicted molar refractivity (Wildman–Crippen MR) is 91.4 cm³/mol. The van der Waals surface area contributed by atoms with Crippen LogP contribution in [0.15, 0.2) is 42.5 Å². The normalized spacial score (nSPS) is 10.2. The first-order valence-corrected chi connectivity index (χ1v) is 7.82. The first kappa shape index (κ1) is 16.9. The highest BCUT2D eigenvalue weighted by Crippen LogP contribution is 2.23. The number of benzene rings is 2. The molecule has 2 aromatic carbocycles. The molecule has 23 heavy (non-hydrogen) atoms. The third-order valence-corrected chi connectivity index (χ3v) is 3.47. The molecule has 0 saturated carbocycles. The van der Waals surface area contributed by atoms with Crippen LogP contribution in [-0.4, -0.2) is 25.7 Å². The van der Waals surface area contributed by atoms with Crippen LogP contribution in [0.25, 0.3) is 0 Å². The molecule has 4 heteroatoms. The standard InChI is InChI=1S/C19H23NO3/c1-4-20-19(21)16-10-7-9-15(3)18(16)23-13-12-22-17-11-6-5-8-14(17)2/h5-11H,4,12-13H2,1-3H3,(H,20,21). The predicted octanol–water partition coefficient (Wildman–Crippen LogP) is 3.51. The van der Waals surface area contributed by atoms with Crippen LogP contribution < -0.4 is 14.8 Å². The summed E-state index contributed by atoms with van der Waals surface area (Å²) in [5, 5.41) is 2.80. The maximum atomic E-state index is 12.1. The summed E-state index contributed by atoms with van der Waals surface area (Å²) in [5.41, 5.74) is 2.58. The van der Waals surface area contributed by atoms with Gasteiger partial charge < -0.3 is 14.8 Å². The van der Waals surface area contributed by atoms with Crippen LogP contribution in [0.5, 0.6) is 11.5 Å². The molecule has 1 amide bonds. The fourth-order valence-corrected chi connectivity index (χ4v) is 2.29. The first-order valence-electron chi connectivity index (χ1n) is 7.82. The molecule has 122 valence electrons. The minimum Gasteiger partial charge on any atom is -0.490 e. The van der Waals surface area contributed by atoms with E-state index in [1.807, 2.05) is 57.2 Å². The Kier molecular flexibility index (Phi) is 6.03. The van der Waals surface area contributed by atoms with E-state index >= 15 is 0 Å². The maximum absolute atomic E-state index is 12.1. The second kappa shape index (κ2) is 8.22. The highest BCUT2D eigenvalue weighted by Gasteiger charge is 2.13. The van der Waals surface area contributed by atoms with E-state index in [4.69, 9.17) is 9.47 Å². The van der Waals surface area contributed by atoms with Crippen LogP contribution >= 0.6 is 0 Å². The third-order valence-electron chi connectivity index (χ3n) is 3.47. The number of aryl methyl sites for hydroxylation is 2. The van der Waals surface area contributed by atoms with Crippen molar-refractivity contribution in [3.63, 3.8) is 0 Å². The minimum absolute atomic E-state index is 0.119. The van der Waals surface area contributed by atoms with Crippen LogP contribution in [0.1, 0.15) is 28.4 Å². The van der Waals surface area contributed by atoms with Crippen molar-refractivity contribution >= 4 is 5.91 Å². The van der Waals surface area contributed by atoms with E-state index in [1.165, 1.54) is 0 Å². The van der Waals surface area contributed by atoms with Gasteiger partial charge in [0.25, 0.3) is 5.91 Å². The molecule has 0 aliphatic carbocycles. The molecular weight excluding hydrogens is 290 g/mol. The molecule has 0 aromatic heterocycles. The molecule has 0 aliphatic heterocycles. The lowest BCUT2D eigenvalue weighted by atomic mass is 10.1. The molecule has 0 spiro atoms. The average Bonchev–Trinajstić information content (AvgIpc) is 2.54. The van der Waals surface area contributed by atoms with Gasteiger partial charge in [-0.25, -0.2) is 0 Å². The van der Waals surface area contributed by atoms with Crippen molar-refractivity contribution in [2.45, 2.75) is 20.8 Å². The Balaban J connectivity index is 1.98. The quantitative estimate of drug-likeness (QED) is 0.796. The zero-order valence-corrected chi connectivity index (χ0v) is 13.9. The van der Waals surface area contributed by atoms with Crippen molar-refractivity contribution in [3.05, 3.63) is 59.2 Å². The number of nitrogens with one attached hydrogen (secondary N) is 1. The summed E-state index contributed by atoms with van der Waals surface area (Å²) in [6.45, 7) is 7.22. The molecule has 0 aliphatic rings. The van der Waals surface area contributed by atoms with Gasteiger partial charge in [0.05, 0.1) is 5.56 Å². The fraction of sp³-hybridized carbons (Fsp3) is 0.316. The largest absolute Gasteiger partial charge is 0.490 e. The van der Waals surface area contributed by atoms with E-state index < -0.39 is 0 Å². The van der Waals surface area contributed by atoms with Crippen molar-refractivity contribution in [3.8, 4) is 11.5 Å². The number of hydrogen-bond donors (Lipinski definition) is 1. The van der Waals surface area contributed by atoms with Gasteiger partial charge in [-0.15, -0.1) is 0 Å². The number of para-hydroxylation sites is 2. The number of carbonyl (C=O) groups excluding carboxylic acids is 1. The van der Waals surface area contributed by atoms with Crippen molar-refractivity contribution in [1.29, 1.82) is 0 Å². The maximum Gasteiger partial charge on any atom is 0.255 e. The molecular formula is C19H23NO3. The lowest BCUT2D eigenvalue weighted by molar-refractivity contribution is 0.0950. The Morgan fingerprint density at radius 2 is 1.65 bits per heavy atom. The van der Waals surface area contributed by atoms with E-state index in [0.717, 1.165) is 16.9 Å². The monoisotopic (exact) mass is 313 g/mol. The van der Waals surface area contributed by atoms with Crippen LogP contribution in [0, 0.1) is 13.8 Å². The summed E-state index contributed by atoms with van der Waals surface area (Å²) in [5.74, 6) is 1.35.